The molecule has 2 aliphatic rings. The first kappa shape index (κ1) is 16.9. The lowest BCUT2D eigenvalue weighted by atomic mass is 10.1. The highest BCUT2D eigenvalue weighted by Gasteiger charge is 2.29. The number of ether oxygens (including phenoxy) is 1. The number of morpholine rings is 1. The highest BCUT2D eigenvalue weighted by atomic mass is 19.1. The molecule has 1 N–H and O–H groups in total. The average molecular weight is 335 g/mol. The number of carbonyl (C=O) groups excluding carboxylic acids is 2. The van der Waals surface area contributed by atoms with Gasteiger partial charge >= 0.3 is 0 Å². The maximum absolute atomic E-state index is 14.2. The van der Waals surface area contributed by atoms with E-state index < -0.39 is 11.9 Å². The van der Waals surface area contributed by atoms with Gasteiger partial charge in [0.2, 0.25) is 0 Å². The molecule has 0 saturated carbocycles. The van der Waals surface area contributed by atoms with Gasteiger partial charge in [-0.2, -0.15) is 0 Å². The first-order valence-corrected chi connectivity index (χ1v) is 8.23. The van der Waals surface area contributed by atoms with Crippen molar-refractivity contribution in [2.45, 2.75) is 13.0 Å². The third kappa shape index (κ3) is 3.57. The molecule has 1 aromatic carbocycles. The number of Topliss-reactive ketones (excluding diaryl/α,β-unsaturated/α-hetero) is 1. The average Bonchev–Trinajstić information content (AvgIpc) is 2.62. The highest BCUT2D eigenvalue weighted by Crippen LogP contribution is 2.22. The van der Waals surface area contributed by atoms with Gasteiger partial charge in [0.05, 0.1) is 12.3 Å². The van der Waals surface area contributed by atoms with E-state index in [9.17, 15) is 14.0 Å². The number of anilines is 1. The number of nitrogens with zero attached hydrogens (tertiary/aromatic N) is 2. The van der Waals surface area contributed by atoms with E-state index >= 15 is 0 Å². The van der Waals surface area contributed by atoms with E-state index in [4.69, 9.17) is 4.74 Å². The molecule has 2 saturated heterocycles. The number of halogens is 1. The van der Waals surface area contributed by atoms with Crippen molar-refractivity contribution >= 4 is 17.4 Å². The Hall–Kier alpha value is -1.99. The molecule has 2 fully saturated rings. The molecule has 1 unspecified atom stereocenters. The van der Waals surface area contributed by atoms with E-state index in [0.717, 1.165) is 6.54 Å². The summed E-state index contributed by atoms with van der Waals surface area (Å²) in [6, 6.07) is 4.55. The zero-order chi connectivity index (χ0) is 17.1. The molecule has 1 amide bonds. The number of ketones is 1. The molecule has 2 aliphatic heterocycles. The Kier molecular flexibility index (Phi) is 5.11. The van der Waals surface area contributed by atoms with E-state index in [2.05, 4.69) is 5.32 Å². The van der Waals surface area contributed by atoms with Crippen LogP contribution in [-0.2, 0) is 9.53 Å². The predicted molar refractivity (Wildman–Crippen MR) is 87.8 cm³/mol. The third-order valence-corrected chi connectivity index (χ3v) is 4.49. The van der Waals surface area contributed by atoms with Crippen LogP contribution >= 0.6 is 0 Å². The van der Waals surface area contributed by atoms with Gasteiger partial charge in [0, 0.05) is 44.8 Å². The lowest BCUT2D eigenvalue weighted by Crippen LogP contribution is -2.55. The molecule has 0 aromatic heterocycles. The lowest BCUT2D eigenvalue weighted by Gasteiger charge is -2.38. The second kappa shape index (κ2) is 7.27. The van der Waals surface area contributed by atoms with Crippen molar-refractivity contribution in [1.82, 2.24) is 10.2 Å². The van der Waals surface area contributed by atoms with Gasteiger partial charge in [-0.25, -0.2) is 4.39 Å². The monoisotopic (exact) mass is 335 g/mol. The Labute approximate surface area is 140 Å². The summed E-state index contributed by atoms with van der Waals surface area (Å²) in [6.07, 6.45) is -0.420. The Morgan fingerprint density at radius 2 is 2.00 bits per heavy atom. The van der Waals surface area contributed by atoms with Gasteiger partial charge in [0.1, 0.15) is 11.9 Å². The van der Waals surface area contributed by atoms with Crippen molar-refractivity contribution in [3.63, 3.8) is 0 Å². The molecule has 1 atom stereocenters. The minimum atomic E-state index is -0.420. The van der Waals surface area contributed by atoms with Crippen molar-refractivity contribution in [3.05, 3.63) is 29.6 Å². The molecular weight excluding hydrogens is 313 g/mol. The molecule has 3 rings (SSSR count). The van der Waals surface area contributed by atoms with Crippen LogP contribution in [0.3, 0.4) is 0 Å². The van der Waals surface area contributed by atoms with Crippen molar-refractivity contribution in [1.29, 1.82) is 0 Å². The zero-order valence-electron chi connectivity index (χ0n) is 13.8. The first-order valence-electron chi connectivity index (χ1n) is 8.23. The number of nitrogens with one attached hydrogen (secondary N) is 1. The van der Waals surface area contributed by atoms with E-state index in [-0.39, 0.29) is 11.7 Å². The number of carbonyl (C=O) groups is 2. The number of rotatable bonds is 3. The Morgan fingerprint density at radius 3 is 2.58 bits per heavy atom. The van der Waals surface area contributed by atoms with Crippen LogP contribution in [0.25, 0.3) is 0 Å². The molecule has 6 nitrogen and oxygen atoms in total. The third-order valence-electron chi connectivity index (χ3n) is 4.49. The summed E-state index contributed by atoms with van der Waals surface area (Å²) < 4.78 is 19.7. The molecule has 7 heteroatoms. The zero-order valence-corrected chi connectivity index (χ0v) is 13.8. The Balaban J connectivity index is 1.60. The summed E-state index contributed by atoms with van der Waals surface area (Å²) in [4.78, 5) is 27.4. The highest BCUT2D eigenvalue weighted by molar-refractivity contribution is 5.94. The van der Waals surface area contributed by atoms with Gasteiger partial charge in [-0.3, -0.25) is 9.59 Å². The van der Waals surface area contributed by atoms with Crippen molar-refractivity contribution in [2.75, 3.05) is 50.8 Å². The minimum absolute atomic E-state index is 0.00532. The van der Waals surface area contributed by atoms with E-state index in [1.807, 2.05) is 4.90 Å². The van der Waals surface area contributed by atoms with Gasteiger partial charge in [-0.15, -0.1) is 0 Å². The maximum atomic E-state index is 14.2. The van der Waals surface area contributed by atoms with Crippen molar-refractivity contribution < 1.29 is 18.7 Å². The first-order chi connectivity index (χ1) is 11.6. The fourth-order valence-corrected chi connectivity index (χ4v) is 3.08. The molecule has 130 valence electrons. The smallest absolute Gasteiger partial charge is 0.253 e. The fourth-order valence-electron chi connectivity index (χ4n) is 3.08. The van der Waals surface area contributed by atoms with Crippen LogP contribution in [0.2, 0.25) is 0 Å². The summed E-state index contributed by atoms with van der Waals surface area (Å²) in [6.45, 7) is 5.46. The van der Waals surface area contributed by atoms with Crippen LogP contribution in [0, 0.1) is 5.82 Å². The van der Waals surface area contributed by atoms with E-state index in [1.54, 1.807) is 17.0 Å². The summed E-state index contributed by atoms with van der Waals surface area (Å²) >= 11 is 0. The minimum Gasteiger partial charge on any atom is -0.366 e. The Bertz CT molecular complexity index is 624. The molecule has 0 bridgehead atoms. The molecule has 2 heterocycles. The summed E-state index contributed by atoms with van der Waals surface area (Å²) in [5, 5.41) is 3.15. The van der Waals surface area contributed by atoms with Gasteiger partial charge in [-0.05, 0) is 25.1 Å². The summed E-state index contributed by atoms with van der Waals surface area (Å²) in [5.41, 5.74) is 0.842. The molecule has 1 aromatic rings. The number of hydrogen-bond donors (Lipinski definition) is 1. The predicted octanol–water partition coefficient (Wildman–Crippen LogP) is 0.665. The van der Waals surface area contributed by atoms with Crippen molar-refractivity contribution in [2.24, 2.45) is 0 Å². The fraction of sp³-hybridized carbons (Fsp3) is 0.529. The summed E-state index contributed by atoms with van der Waals surface area (Å²) in [5.74, 6) is -0.562. The Morgan fingerprint density at radius 1 is 1.25 bits per heavy atom. The van der Waals surface area contributed by atoms with Gasteiger partial charge < -0.3 is 19.9 Å². The maximum Gasteiger partial charge on any atom is 0.253 e. The second-order valence-electron chi connectivity index (χ2n) is 6.10. The number of piperazine rings is 1. The van der Waals surface area contributed by atoms with Crippen LogP contribution in [0.1, 0.15) is 17.3 Å². The normalized spacial score (nSPS) is 21.7. The topological polar surface area (TPSA) is 61.9 Å². The van der Waals surface area contributed by atoms with Crippen LogP contribution < -0.4 is 10.2 Å². The van der Waals surface area contributed by atoms with Crippen LogP contribution in [0.5, 0.6) is 0 Å². The standard InChI is InChI=1S/C17H22FN3O3/c1-12(22)13-2-3-15(14(18)10-13)20-5-7-21(8-6-20)17(23)16-11-19-4-9-24-16/h2-3,10,16,19H,4-9,11H2,1H3. The van der Waals surface area contributed by atoms with Gasteiger partial charge in [-0.1, -0.05) is 0 Å². The van der Waals surface area contributed by atoms with Gasteiger partial charge in [0.25, 0.3) is 5.91 Å². The van der Waals surface area contributed by atoms with Crippen LogP contribution in [0.15, 0.2) is 18.2 Å². The number of amides is 1. The SMILES string of the molecule is CC(=O)c1ccc(N2CCN(C(=O)C3CNCCO3)CC2)c(F)c1. The van der Waals surface area contributed by atoms with E-state index in [1.165, 1.54) is 13.0 Å². The molecule has 0 spiro atoms. The molecular formula is C17H22FN3O3. The quantitative estimate of drug-likeness (QED) is 0.823. The second-order valence-corrected chi connectivity index (χ2v) is 6.10. The number of hydrogen-bond acceptors (Lipinski definition) is 5. The lowest BCUT2D eigenvalue weighted by molar-refractivity contribution is -0.145. The molecule has 24 heavy (non-hydrogen) atoms. The van der Waals surface area contributed by atoms with Crippen LogP contribution in [-0.4, -0.2) is 68.6 Å². The van der Waals surface area contributed by atoms with Gasteiger partial charge in [0.15, 0.2) is 5.78 Å². The molecule has 0 radical (unpaired) electrons. The number of benzene rings is 1. The largest absolute Gasteiger partial charge is 0.366 e. The van der Waals surface area contributed by atoms with E-state index in [0.29, 0.717) is 50.6 Å². The van der Waals surface area contributed by atoms with Crippen molar-refractivity contribution in [3.8, 4) is 0 Å². The van der Waals surface area contributed by atoms with Crippen LogP contribution in [0.4, 0.5) is 10.1 Å². The molecule has 0 aliphatic carbocycles. The summed E-state index contributed by atoms with van der Waals surface area (Å²) in [7, 11) is 0.